The van der Waals surface area contributed by atoms with Crippen molar-refractivity contribution in [1.29, 1.82) is 0 Å². The molecule has 0 atom stereocenters. The van der Waals surface area contributed by atoms with Gasteiger partial charge in [-0.3, -0.25) is 9.59 Å². The highest BCUT2D eigenvalue weighted by Gasteiger charge is 2.17. The molecule has 0 unspecified atom stereocenters. The molecule has 0 bridgehead atoms. The van der Waals surface area contributed by atoms with E-state index in [1.54, 1.807) is 0 Å². The Bertz CT molecular complexity index is 1080. The number of rotatable bonds is 11. The van der Waals surface area contributed by atoms with Crippen LogP contribution in [0.2, 0.25) is 0 Å². The zero-order valence-corrected chi connectivity index (χ0v) is 17.5. The average molecular weight is 472 g/mol. The first-order valence-electron chi connectivity index (χ1n) is 9.80. The third-order valence-electron chi connectivity index (χ3n) is 4.60. The van der Waals surface area contributed by atoms with E-state index in [1.807, 2.05) is 0 Å². The van der Waals surface area contributed by atoms with Gasteiger partial charge in [-0.25, -0.2) is 19.2 Å². The number of carbonyl (C=O) groups excluding carboxylic acids is 2. The van der Waals surface area contributed by atoms with Gasteiger partial charge in [-0.15, -0.1) is 0 Å². The lowest BCUT2D eigenvalue weighted by molar-refractivity contribution is -0.118. The van der Waals surface area contributed by atoms with Gasteiger partial charge in [0.2, 0.25) is 11.8 Å². The van der Waals surface area contributed by atoms with Gasteiger partial charge in [-0.2, -0.15) is 0 Å². The summed E-state index contributed by atoms with van der Waals surface area (Å²) in [6.45, 7) is 0. The van der Waals surface area contributed by atoms with Crippen molar-refractivity contribution in [2.45, 2.75) is 25.7 Å². The number of unbranched alkanes of at least 4 members (excludes halogenated alkanes) is 1. The van der Waals surface area contributed by atoms with E-state index in [2.05, 4.69) is 10.6 Å². The lowest BCUT2D eigenvalue weighted by Gasteiger charge is -2.10. The summed E-state index contributed by atoms with van der Waals surface area (Å²) in [5.41, 5.74) is -1.32. The lowest BCUT2D eigenvalue weighted by atomic mass is 10.1. The Morgan fingerprint density at radius 1 is 0.559 bits per heavy atom. The number of carboxylic acids is 4. The van der Waals surface area contributed by atoms with Gasteiger partial charge in [0.15, 0.2) is 0 Å². The SMILES string of the molecule is O=C(CCCCC(=O)Nc1cc(C(=O)O)ccc1C(=O)O)Nc1cc(C(=O)O)ccc1C(=O)O. The molecule has 6 N–H and O–H groups in total. The van der Waals surface area contributed by atoms with Crippen LogP contribution < -0.4 is 10.6 Å². The minimum Gasteiger partial charge on any atom is -0.478 e. The molecule has 2 aromatic carbocycles. The molecule has 0 spiro atoms. The monoisotopic (exact) mass is 472 g/mol. The number of amides is 2. The van der Waals surface area contributed by atoms with Crippen molar-refractivity contribution >= 4 is 47.1 Å². The molecule has 0 aliphatic carbocycles. The Balaban J connectivity index is 1.92. The van der Waals surface area contributed by atoms with Crippen molar-refractivity contribution in [3.05, 3.63) is 58.7 Å². The predicted molar refractivity (Wildman–Crippen MR) is 116 cm³/mol. The third kappa shape index (κ3) is 6.88. The molecular formula is C22H20N2O10. The van der Waals surface area contributed by atoms with E-state index in [0.717, 1.165) is 36.4 Å². The maximum Gasteiger partial charge on any atom is 0.337 e. The topological polar surface area (TPSA) is 207 Å². The van der Waals surface area contributed by atoms with Crippen LogP contribution >= 0.6 is 0 Å². The number of hydrogen-bond acceptors (Lipinski definition) is 6. The molecular weight excluding hydrogens is 452 g/mol. The van der Waals surface area contributed by atoms with Crippen molar-refractivity contribution in [1.82, 2.24) is 0 Å². The second kappa shape index (κ2) is 11.2. The summed E-state index contributed by atoms with van der Waals surface area (Å²) in [7, 11) is 0. The Labute approximate surface area is 191 Å². The van der Waals surface area contributed by atoms with Crippen LogP contribution in [-0.2, 0) is 9.59 Å². The first-order chi connectivity index (χ1) is 16.0. The van der Waals surface area contributed by atoms with Crippen LogP contribution in [0.3, 0.4) is 0 Å². The Morgan fingerprint density at radius 3 is 1.21 bits per heavy atom. The molecule has 2 rings (SSSR count). The van der Waals surface area contributed by atoms with E-state index in [9.17, 15) is 39.0 Å². The highest BCUT2D eigenvalue weighted by Crippen LogP contribution is 2.20. The van der Waals surface area contributed by atoms with Crippen molar-refractivity contribution < 1.29 is 49.2 Å². The molecule has 2 amide bonds. The number of carbonyl (C=O) groups is 6. The molecule has 0 radical (unpaired) electrons. The van der Waals surface area contributed by atoms with Crippen molar-refractivity contribution in [3.8, 4) is 0 Å². The van der Waals surface area contributed by atoms with Crippen molar-refractivity contribution in [3.63, 3.8) is 0 Å². The minimum atomic E-state index is -1.35. The highest BCUT2D eigenvalue weighted by molar-refractivity contribution is 6.03. The van der Waals surface area contributed by atoms with E-state index in [-0.39, 0.29) is 59.3 Å². The second-order valence-corrected chi connectivity index (χ2v) is 7.04. The Kier molecular flexibility index (Phi) is 8.42. The van der Waals surface area contributed by atoms with Gasteiger partial charge in [-0.1, -0.05) is 0 Å². The van der Waals surface area contributed by atoms with Crippen LogP contribution in [0, 0.1) is 0 Å². The van der Waals surface area contributed by atoms with Gasteiger partial charge in [-0.05, 0) is 49.2 Å². The quantitative estimate of drug-likeness (QED) is 0.263. The molecule has 0 aliphatic rings. The summed E-state index contributed by atoms with van der Waals surface area (Å²) in [6.07, 6.45) is 0.222. The first kappa shape index (κ1) is 25.5. The van der Waals surface area contributed by atoms with E-state index in [1.165, 1.54) is 0 Å². The molecule has 0 aromatic heterocycles. The second-order valence-electron chi connectivity index (χ2n) is 7.04. The average Bonchev–Trinajstić information content (AvgIpc) is 2.76. The van der Waals surface area contributed by atoms with Crippen LogP contribution in [-0.4, -0.2) is 56.1 Å². The summed E-state index contributed by atoms with van der Waals surface area (Å²) in [5, 5.41) is 41.1. The summed E-state index contributed by atoms with van der Waals surface area (Å²) < 4.78 is 0. The third-order valence-corrected chi connectivity index (χ3v) is 4.60. The van der Waals surface area contributed by atoms with E-state index in [4.69, 9.17) is 10.2 Å². The Hall–Kier alpha value is -4.74. The fourth-order valence-electron chi connectivity index (χ4n) is 2.93. The first-order valence-corrected chi connectivity index (χ1v) is 9.80. The van der Waals surface area contributed by atoms with Crippen LogP contribution in [0.1, 0.15) is 67.1 Å². The largest absolute Gasteiger partial charge is 0.478 e. The van der Waals surface area contributed by atoms with Gasteiger partial charge in [0.1, 0.15) is 0 Å². The minimum absolute atomic E-state index is 0.0987. The maximum absolute atomic E-state index is 12.2. The molecule has 12 heteroatoms. The van der Waals surface area contributed by atoms with Gasteiger partial charge < -0.3 is 31.1 Å². The van der Waals surface area contributed by atoms with Crippen molar-refractivity contribution in [2.24, 2.45) is 0 Å². The standard InChI is InChI=1S/C22H20N2O10/c25-17(23-15-9-11(19(27)28)5-7-13(15)21(31)32)3-1-2-4-18(26)24-16-10-12(20(29)30)6-8-14(16)22(33)34/h5-10H,1-4H2,(H,23,25)(H,24,26)(H,27,28)(H,29,30)(H,31,32)(H,33,34). The molecule has 12 nitrogen and oxygen atoms in total. The zero-order chi connectivity index (χ0) is 25.4. The van der Waals surface area contributed by atoms with Gasteiger partial charge >= 0.3 is 23.9 Å². The number of carboxylic acid groups (broad SMARTS) is 4. The summed E-state index contributed by atoms with van der Waals surface area (Å²) in [5.74, 6) is -6.47. The van der Waals surface area contributed by atoms with E-state index < -0.39 is 35.7 Å². The van der Waals surface area contributed by atoms with Crippen LogP contribution in [0.4, 0.5) is 11.4 Å². The number of nitrogens with one attached hydrogen (secondary N) is 2. The molecule has 0 fully saturated rings. The van der Waals surface area contributed by atoms with Gasteiger partial charge in [0.05, 0.1) is 33.6 Å². The molecule has 34 heavy (non-hydrogen) atoms. The summed E-state index contributed by atoms with van der Waals surface area (Å²) in [6, 6.07) is 6.39. The van der Waals surface area contributed by atoms with E-state index in [0.29, 0.717) is 0 Å². The van der Waals surface area contributed by atoms with Crippen molar-refractivity contribution in [2.75, 3.05) is 10.6 Å². The number of hydrogen-bond donors (Lipinski definition) is 6. The predicted octanol–water partition coefficient (Wildman–Crippen LogP) is 2.62. The molecule has 0 aliphatic heterocycles. The maximum atomic E-state index is 12.2. The number of benzene rings is 2. The normalized spacial score (nSPS) is 10.2. The van der Waals surface area contributed by atoms with Crippen LogP contribution in [0.5, 0.6) is 0 Å². The van der Waals surface area contributed by atoms with Crippen LogP contribution in [0.15, 0.2) is 36.4 Å². The summed E-state index contributed by atoms with van der Waals surface area (Å²) in [4.78, 5) is 69.0. The Morgan fingerprint density at radius 2 is 0.912 bits per heavy atom. The van der Waals surface area contributed by atoms with Gasteiger partial charge in [0, 0.05) is 12.8 Å². The summed E-state index contributed by atoms with van der Waals surface area (Å²) >= 11 is 0. The van der Waals surface area contributed by atoms with Crippen LogP contribution in [0.25, 0.3) is 0 Å². The zero-order valence-electron chi connectivity index (χ0n) is 17.5. The number of aromatic carboxylic acids is 4. The molecule has 0 saturated carbocycles. The lowest BCUT2D eigenvalue weighted by Crippen LogP contribution is -2.17. The fourth-order valence-corrected chi connectivity index (χ4v) is 2.93. The van der Waals surface area contributed by atoms with Gasteiger partial charge in [0.25, 0.3) is 0 Å². The highest BCUT2D eigenvalue weighted by atomic mass is 16.4. The van der Waals surface area contributed by atoms with E-state index >= 15 is 0 Å². The molecule has 0 saturated heterocycles. The smallest absolute Gasteiger partial charge is 0.337 e. The molecule has 2 aromatic rings. The molecule has 0 heterocycles. The number of anilines is 2. The molecule has 178 valence electrons. The fraction of sp³-hybridized carbons (Fsp3) is 0.182.